The highest BCUT2D eigenvalue weighted by molar-refractivity contribution is 5.73. The highest BCUT2D eigenvalue weighted by atomic mass is 16.5. The minimum Gasteiger partial charge on any atom is -0.496 e. The minimum absolute atomic E-state index is 0.339. The van der Waals surface area contributed by atoms with Crippen LogP contribution in [0.15, 0.2) is 40.7 Å². The van der Waals surface area contributed by atoms with Gasteiger partial charge in [0.15, 0.2) is 5.76 Å². The predicted octanol–water partition coefficient (Wildman–Crippen LogP) is 6.55. The molecule has 34 heavy (non-hydrogen) atoms. The van der Waals surface area contributed by atoms with E-state index < -0.39 is 5.60 Å². The number of rotatable bonds is 11. The molecule has 0 atom stereocenters. The van der Waals surface area contributed by atoms with Crippen LogP contribution in [0.2, 0.25) is 0 Å². The van der Waals surface area contributed by atoms with Gasteiger partial charge in [-0.1, -0.05) is 32.8 Å². The Morgan fingerprint density at radius 2 is 1.59 bits per heavy atom. The molecule has 6 nitrogen and oxygen atoms in total. The third-order valence-electron chi connectivity index (χ3n) is 6.00. The van der Waals surface area contributed by atoms with E-state index in [0.29, 0.717) is 34.0 Å². The van der Waals surface area contributed by atoms with Gasteiger partial charge in [-0.25, -0.2) is 0 Å². The average Bonchev–Trinajstić information content (AvgIpc) is 3.11. The van der Waals surface area contributed by atoms with Crippen LogP contribution >= 0.6 is 0 Å². The Bertz CT molecular complexity index is 1020. The lowest BCUT2D eigenvalue weighted by Gasteiger charge is -2.26. The maximum Gasteiger partial charge on any atom is 0.152 e. The number of anilines is 1. The second-order valence-corrected chi connectivity index (χ2v) is 8.87. The van der Waals surface area contributed by atoms with Crippen LogP contribution in [0.5, 0.6) is 11.5 Å². The molecule has 0 fully saturated rings. The number of unbranched alkanes of at least 4 members (excludes halogenated alkanes) is 2. The van der Waals surface area contributed by atoms with Gasteiger partial charge in [-0.2, -0.15) is 10.5 Å². The van der Waals surface area contributed by atoms with E-state index in [0.717, 1.165) is 50.0 Å². The molecule has 0 saturated heterocycles. The van der Waals surface area contributed by atoms with Crippen molar-refractivity contribution in [3.05, 3.63) is 46.3 Å². The van der Waals surface area contributed by atoms with E-state index in [-0.39, 0.29) is 0 Å². The summed E-state index contributed by atoms with van der Waals surface area (Å²) >= 11 is 0. The quantitative estimate of drug-likeness (QED) is 0.346. The highest BCUT2D eigenvalue weighted by Gasteiger charge is 2.37. The maximum absolute atomic E-state index is 9.80. The van der Waals surface area contributed by atoms with Gasteiger partial charge in [-0.3, -0.25) is 0 Å². The third-order valence-corrected chi connectivity index (χ3v) is 6.00. The normalized spacial score (nSPS) is 16.1. The Kier molecular flexibility index (Phi) is 9.63. The molecule has 1 heterocycles. The van der Waals surface area contributed by atoms with Crippen molar-refractivity contribution in [3.63, 3.8) is 0 Å². The lowest BCUT2D eigenvalue weighted by Crippen LogP contribution is -2.25. The maximum atomic E-state index is 9.80. The molecule has 1 aromatic rings. The zero-order valence-corrected chi connectivity index (χ0v) is 21.6. The molecule has 182 valence electrons. The average molecular weight is 464 g/mol. The van der Waals surface area contributed by atoms with Crippen molar-refractivity contribution in [1.29, 1.82) is 10.5 Å². The Hall–Kier alpha value is -3.38. The lowest BCUT2D eigenvalue weighted by atomic mass is 9.94. The smallest absolute Gasteiger partial charge is 0.152 e. The fraction of sp³-hybridized carbons (Fsp3) is 0.500. The van der Waals surface area contributed by atoms with E-state index in [9.17, 15) is 10.5 Å². The monoisotopic (exact) mass is 463 g/mol. The molecule has 1 aliphatic heterocycles. The highest BCUT2D eigenvalue weighted by Crippen LogP contribution is 2.42. The number of benzene rings is 1. The second-order valence-electron chi connectivity index (χ2n) is 8.87. The molecule has 0 amide bonds. The topological polar surface area (TPSA) is 78.5 Å². The Morgan fingerprint density at radius 1 is 1.03 bits per heavy atom. The SMILES string of the molecule is CCCCN(CCCC)c1cc(OC)c(/C=C/C2=C(C#N)C(=C(\C)C#N)/OC2(C)C)c(OC)c1. The van der Waals surface area contributed by atoms with Crippen LogP contribution < -0.4 is 14.4 Å². The first-order valence-electron chi connectivity index (χ1n) is 11.9. The van der Waals surface area contributed by atoms with Gasteiger partial charge in [0.2, 0.25) is 0 Å². The first kappa shape index (κ1) is 26.9. The number of methoxy groups -OCH3 is 2. The number of allylic oxidation sites excluding steroid dienone is 2. The van der Waals surface area contributed by atoms with Crippen molar-refractivity contribution in [3.8, 4) is 23.6 Å². The molecule has 0 aliphatic carbocycles. The summed E-state index contributed by atoms with van der Waals surface area (Å²) in [7, 11) is 3.30. The first-order chi connectivity index (χ1) is 16.3. The number of nitriles is 2. The summed E-state index contributed by atoms with van der Waals surface area (Å²) in [6, 6.07) is 8.40. The van der Waals surface area contributed by atoms with Gasteiger partial charge in [-0.15, -0.1) is 0 Å². The first-order valence-corrected chi connectivity index (χ1v) is 11.9. The molecule has 0 saturated carbocycles. The summed E-state index contributed by atoms with van der Waals surface area (Å²) in [6.07, 6.45) is 8.26. The van der Waals surface area contributed by atoms with Crippen LogP contribution in [-0.4, -0.2) is 32.9 Å². The van der Waals surface area contributed by atoms with Crippen LogP contribution in [0.4, 0.5) is 5.69 Å². The molecular weight excluding hydrogens is 426 g/mol. The molecule has 0 spiro atoms. The molecule has 2 rings (SSSR count). The van der Waals surface area contributed by atoms with E-state index in [4.69, 9.17) is 14.2 Å². The molecule has 0 N–H and O–H groups in total. The molecule has 0 radical (unpaired) electrons. The van der Waals surface area contributed by atoms with Gasteiger partial charge in [-0.05, 0) is 39.7 Å². The van der Waals surface area contributed by atoms with Gasteiger partial charge in [0.25, 0.3) is 0 Å². The van der Waals surface area contributed by atoms with Crippen molar-refractivity contribution in [2.24, 2.45) is 0 Å². The minimum atomic E-state index is -0.744. The van der Waals surface area contributed by atoms with Crippen molar-refractivity contribution >= 4 is 11.8 Å². The molecular formula is C28H37N3O3. The van der Waals surface area contributed by atoms with E-state index in [2.05, 4.69) is 43.0 Å². The Morgan fingerprint density at radius 3 is 2.03 bits per heavy atom. The number of hydrogen-bond acceptors (Lipinski definition) is 6. The summed E-state index contributed by atoms with van der Waals surface area (Å²) in [5.41, 5.74) is 2.58. The molecule has 6 heteroatoms. The zero-order valence-electron chi connectivity index (χ0n) is 21.6. The van der Waals surface area contributed by atoms with Crippen LogP contribution in [-0.2, 0) is 4.74 Å². The third kappa shape index (κ3) is 5.94. The van der Waals surface area contributed by atoms with Gasteiger partial charge in [0.05, 0.1) is 31.4 Å². The van der Waals surface area contributed by atoms with Crippen LogP contribution in [0.3, 0.4) is 0 Å². The van der Waals surface area contributed by atoms with Crippen LogP contribution in [0.25, 0.3) is 6.08 Å². The van der Waals surface area contributed by atoms with Gasteiger partial charge < -0.3 is 19.1 Å². The van der Waals surface area contributed by atoms with Gasteiger partial charge >= 0.3 is 0 Å². The molecule has 0 aromatic heterocycles. The number of nitrogens with zero attached hydrogens (tertiary/aromatic N) is 3. The standard InChI is InChI=1S/C28H37N3O3/c1-8-10-14-31(15-11-9-2)21-16-25(32-6)22(26(17-21)33-7)12-13-24-23(19-30)27(20(3)18-29)34-28(24,4)5/h12-13,16-17H,8-11,14-15H2,1-7H3/b13-12+,27-20-. The predicted molar refractivity (Wildman–Crippen MR) is 137 cm³/mol. The van der Waals surface area contributed by atoms with E-state index in [1.54, 1.807) is 21.1 Å². The van der Waals surface area contributed by atoms with Crippen molar-refractivity contribution in [2.75, 3.05) is 32.2 Å². The summed E-state index contributed by atoms with van der Waals surface area (Å²) in [4.78, 5) is 2.39. The van der Waals surface area contributed by atoms with Crippen LogP contribution in [0, 0.1) is 22.7 Å². The Labute approximate surface area is 204 Å². The number of ether oxygens (including phenoxy) is 3. The summed E-state index contributed by atoms with van der Waals surface area (Å²) in [5.74, 6) is 1.73. The van der Waals surface area contributed by atoms with Crippen molar-refractivity contribution < 1.29 is 14.2 Å². The van der Waals surface area contributed by atoms with Crippen molar-refractivity contribution in [2.45, 2.75) is 65.9 Å². The van der Waals surface area contributed by atoms with Gasteiger partial charge in [0, 0.05) is 36.5 Å². The molecule has 1 aliphatic rings. The largest absolute Gasteiger partial charge is 0.496 e. The zero-order chi connectivity index (χ0) is 25.3. The fourth-order valence-corrected chi connectivity index (χ4v) is 4.00. The van der Waals surface area contributed by atoms with Crippen LogP contribution in [0.1, 0.15) is 65.9 Å². The molecule has 0 unspecified atom stereocenters. The molecule has 1 aromatic carbocycles. The van der Waals surface area contributed by atoms with E-state index in [1.807, 2.05) is 26.0 Å². The second kappa shape index (κ2) is 12.2. The van der Waals surface area contributed by atoms with E-state index >= 15 is 0 Å². The summed E-state index contributed by atoms with van der Waals surface area (Å²) in [5, 5.41) is 19.1. The summed E-state index contributed by atoms with van der Waals surface area (Å²) < 4.78 is 17.5. The lowest BCUT2D eigenvalue weighted by molar-refractivity contribution is 0.0949. The fourth-order valence-electron chi connectivity index (χ4n) is 4.00. The summed E-state index contributed by atoms with van der Waals surface area (Å²) in [6.45, 7) is 11.8. The van der Waals surface area contributed by atoms with E-state index in [1.165, 1.54) is 0 Å². The van der Waals surface area contributed by atoms with Crippen molar-refractivity contribution in [1.82, 2.24) is 0 Å². The molecule has 0 bridgehead atoms. The number of hydrogen-bond donors (Lipinski definition) is 0. The van der Waals surface area contributed by atoms with Gasteiger partial charge in [0.1, 0.15) is 28.7 Å². The Balaban J connectivity index is 2.57.